The van der Waals surface area contributed by atoms with E-state index in [-0.39, 0.29) is 6.10 Å². The molecule has 2 nitrogen and oxygen atoms in total. The maximum atomic E-state index is 6.74. The summed E-state index contributed by atoms with van der Waals surface area (Å²) in [5, 5.41) is 1.35. The van der Waals surface area contributed by atoms with Crippen molar-refractivity contribution in [1.82, 2.24) is 4.98 Å². The van der Waals surface area contributed by atoms with Gasteiger partial charge in [-0.1, -0.05) is 72.8 Å². The highest BCUT2D eigenvalue weighted by atomic mass is 32.1. The van der Waals surface area contributed by atoms with E-state index in [1.807, 2.05) is 17.4 Å². The van der Waals surface area contributed by atoms with Gasteiger partial charge in [0.25, 0.3) is 0 Å². The van der Waals surface area contributed by atoms with Crippen LogP contribution in [0.5, 0.6) is 5.75 Å². The molecule has 2 aromatic heterocycles. The van der Waals surface area contributed by atoms with Crippen molar-refractivity contribution in [2.45, 2.75) is 31.8 Å². The average molecular weight is 446 g/mol. The van der Waals surface area contributed by atoms with Crippen LogP contribution in [0.4, 0.5) is 0 Å². The number of nitrogens with zero attached hydrogens (tertiary/aromatic N) is 1. The van der Waals surface area contributed by atoms with Gasteiger partial charge in [-0.15, -0.1) is 11.3 Å². The molecule has 160 valence electrons. The second-order valence-corrected chi connectivity index (χ2v) is 9.99. The van der Waals surface area contributed by atoms with Gasteiger partial charge in [-0.25, -0.2) is 4.98 Å². The minimum Gasteiger partial charge on any atom is -0.480 e. The smallest absolute Gasteiger partial charge is 0.152 e. The molecule has 3 aromatic carbocycles. The number of ether oxygens (including phenoxy) is 1. The van der Waals surface area contributed by atoms with Crippen molar-refractivity contribution in [1.29, 1.82) is 0 Å². The van der Waals surface area contributed by atoms with Crippen LogP contribution < -0.4 is 4.74 Å². The third kappa shape index (κ3) is 2.96. The van der Waals surface area contributed by atoms with E-state index >= 15 is 0 Å². The lowest BCUT2D eigenvalue weighted by Crippen LogP contribution is -2.18. The highest BCUT2D eigenvalue weighted by Gasteiger charge is 2.34. The Bertz CT molecular complexity index is 1490. The van der Waals surface area contributed by atoms with Crippen molar-refractivity contribution in [2.24, 2.45) is 0 Å². The molecule has 1 aliphatic heterocycles. The minimum absolute atomic E-state index is 0.192. The van der Waals surface area contributed by atoms with Crippen molar-refractivity contribution < 1.29 is 4.74 Å². The van der Waals surface area contributed by atoms with E-state index in [0.717, 1.165) is 29.0 Å². The number of benzene rings is 3. The van der Waals surface area contributed by atoms with Gasteiger partial charge in [-0.05, 0) is 54.5 Å². The highest BCUT2D eigenvalue weighted by molar-refractivity contribution is 7.19. The first-order valence-electron chi connectivity index (χ1n) is 11.7. The van der Waals surface area contributed by atoms with Crippen molar-refractivity contribution in [3.05, 3.63) is 106 Å². The fourth-order valence-corrected chi connectivity index (χ4v) is 6.75. The lowest BCUT2D eigenvalue weighted by molar-refractivity contribution is 0.243. The molecule has 7 rings (SSSR count). The molecule has 3 heteroatoms. The van der Waals surface area contributed by atoms with E-state index in [4.69, 9.17) is 9.72 Å². The van der Waals surface area contributed by atoms with Crippen molar-refractivity contribution in [3.8, 4) is 28.1 Å². The molecule has 0 saturated heterocycles. The number of pyridine rings is 1. The number of aromatic nitrogens is 1. The third-order valence-corrected chi connectivity index (χ3v) is 8.14. The normalized spacial score (nSPS) is 16.5. The van der Waals surface area contributed by atoms with Crippen molar-refractivity contribution in [2.75, 3.05) is 0 Å². The number of fused-ring (bicyclic) bond motifs is 6. The molecule has 0 bridgehead atoms. The topological polar surface area (TPSA) is 22.1 Å². The van der Waals surface area contributed by atoms with Gasteiger partial charge >= 0.3 is 0 Å². The summed E-state index contributed by atoms with van der Waals surface area (Å²) in [6.45, 7) is 0. The van der Waals surface area contributed by atoms with E-state index in [1.165, 1.54) is 56.6 Å². The first kappa shape index (κ1) is 19.1. The average Bonchev–Trinajstić information content (AvgIpc) is 3.26. The summed E-state index contributed by atoms with van der Waals surface area (Å²) in [4.78, 5) is 8.05. The minimum atomic E-state index is -0.192. The zero-order chi connectivity index (χ0) is 21.8. The number of hydrogen-bond acceptors (Lipinski definition) is 3. The molecule has 1 atom stereocenters. The Morgan fingerprint density at radius 2 is 1.52 bits per heavy atom. The zero-order valence-electron chi connectivity index (χ0n) is 18.3. The predicted molar refractivity (Wildman–Crippen MR) is 136 cm³/mol. The van der Waals surface area contributed by atoms with Crippen LogP contribution in [0, 0.1) is 0 Å². The lowest BCUT2D eigenvalue weighted by Gasteiger charge is -2.31. The number of aryl methyl sites for hydroxylation is 2. The largest absolute Gasteiger partial charge is 0.480 e. The maximum absolute atomic E-state index is 6.74. The Labute approximate surface area is 197 Å². The van der Waals surface area contributed by atoms with E-state index in [1.54, 1.807) is 0 Å². The molecular weight excluding hydrogens is 422 g/mol. The first-order chi connectivity index (χ1) is 16.4. The Morgan fingerprint density at radius 3 is 2.36 bits per heavy atom. The zero-order valence-corrected chi connectivity index (χ0v) is 19.1. The van der Waals surface area contributed by atoms with Crippen LogP contribution in [0.15, 0.2) is 84.9 Å². The molecule has 0 unspecified atom stereocenters. The summed E-state index contributed by atoms with van der Waals surface area (Å²) in [5.41, 5.74) is 8.58. The molecular formula is C30H23NOS. The van der Waals surface area contributed by atoms with Gasteiger partial charge in [-0.3, -0.25) is 0 Å². The van der Waals surface area contributed by atoms with Crippen LogP contribution >= 0.6 is 11.3 Å². The van der Waals surface area contributed by atoms with Crippen molar-refractivity contribution in [3.63, 3.8) is 0 Å². The molecule has 0 fully saturated rings. The Balaban J connectivity index is 1.65. The highest BCUT2D eigenvalue weighted by Crippen LogP contribution is 2.52. The molecule has 0 amide bonds. The summed E-state index contributed by atoms with van der Waals surface area (Å²) in [7, 11) is 0. The molecule has 0 spiro atoms. The van der Waals surface area contributed by atoms with E-state index < -0.39 is 0 Å². The number of thiophene rings is 1. The van der Waals surface area contributed by atoms with Crippen LogP contribution in [0.2, 0.25) is 0 Å². The first-order valence-corrected chi connectivity index (χ1v) is 12.5. The van der Waals surface area contributed by atoms with Crippen LogP contribution in [-0.4, -0.2) is 4.98 Å². The predicted octanol–water partition coefficient (Wildman–Crippen LogP) is 7.99. The quantitative estimate of drug-likeness (QED) is 0.275. The summed E-state index contributed by atoms with van der Waals surface area (Å²) >= 11 is 1.90. The lowest BCUT2D eigenvalue weighted by atomic mass is 9.84. The SMILES string of the molecule is c1ccc(-c2c3c(nc4sc5c(c24)CCCC5)-c2ccccc2O[C@@H]3c2ccccc2)cc1. The van der Waals surface area contributed by atoms with Crippen molar-refractivity contribution >= 4 is 21.6 Å². The van der Waals surface area contributed by atoms with E-state index in [0.29, 0.717) is 0 Å². The Morgan fingerprint density at radius 1 is 0.788 bits per heavy atom. The molecule has 3 heterocycles. The number of rotatable bonds is 2. The van der Waals surface area contributed by atoms with E-state index in [9.17, 15) is 0 Å². The van der Waals surface area contributed by atoms with E-state index in [2.05, 4.69) is 78.9 Å². The van der Waals surface area contributed by atoms with Gasteiger partial charge in [0.15, 0.2) is 6.10 Å². The number of hydrogen-bond donors (Lipinski definition) is 0. The molecule has 1 aliphatic carbocycles. The van der Waals surface area contributed by atoms with Gasteiger partial charge in [0, 0.05) is 27.0 Å². The molecule has 0 N–H and O–H groups in total. The summed E-state index contributed by atoms with van der Waals surface area (Å²) in [5.74, 6) is 0.908. The summed E-state index contributed by atoms with van der Waals surface area (Å²) in [6.07, 6.45) is 4.65. The van der Waals surface area contributed by atoms with Crippen LogP contribution in [0.25, 0.3) is 32.6 Å². The van der Waals surface area contributed by atoms with Crippen LogP contribution in [0.3, 0.4) is 0 Å². The Hall–Kier alpha value is -3.43. The van der Waals surface area contributed by atoms with Gasteiger partial charge in [0.1, 0.15) is 10.6 Å². The summed E-state index contributed by atoms with van der Waals surface area (Å²) < 4.78 is 6.74. The number of para-hydroxylation sites is 1. The monoisotopic (exact) mass is 445 g/mol. The standard InChI is InChI=1S/C30H23NOS/c1-3-11-19(12-4-1)25-26-22-16-8-10-18-24(22)33-30(26)31-28-21-15-7-9-17-23(21)32-29(27(25)28)20-13-5-2-6-14-20/h1-7,9,11-15,17,29H,8,10,16,18H2/t29-/m1/s1. The fraction of sp³-hybridized carbons (Fsp3) is 0.167. The second kappa shape index (κ2) is 7.57. The fourth-order valence-electron chi connectivity index (χ4n) is 5.48. The maximum Gasteiger partial charge on any atom is 0.152 e. The van der Waals surface area contributed by atoms with Crippen LogP contribution in [-0.2, 0) is 12.8 Å². The van der Waals surface area contributed by atoms with Gasteiger partial charge in [0.2, 0.25) is 0 Å². The van der Waals surface area contributed by atoms with Gasteiger partial charge < -0.3 is 4.74 Å². The molecule has 33 heavy (non-hydrogen) atoms. The van der Waals surface area contributed by atoms with Gasteiger partial charge in [0.05, 0.1) is 5.69 Å². The molecule has 5 aromatic rings. The second-order valence-electron chi connectivity index (χ2n) is 8.91. The summed E-state index contributed by atoms with van der Waals surface area (Å²) in [6, 6.07) is 29.8. The third-order valence-electron chi connectivity index (χ3n) is 6.95. The van der Waals surface area contributed by atoms with Gasteiger partial charge in [-0.2, -0.15) is 0 Å². The van der Waals surface area contributed by atoms with Crippen LogP contribution in [0.1, 0.15) is 40.5 Å². The molecule has 0 radical (unpaired) electrons. The molecule has 2 aliphatic rings. The Kier molecular flexibility index (Phi) is 4.37. The molecule has 0 saturated carbocycles.